The smallest absolute Gasteiger partial charge is 0.328 e. The van der Waals surface area contributed by atoms with E-state index in [0.717, 1.165) is 22.7 Å². The summed E-state index contributed by atoms with van der Waals surface area (Å²) in [5.41, 5.74) is 3.44. The number of nitro groups is 1. The van der Waals surface area contributed by atoms with Gasteiger partial charge in [-0.15, -0.1) is 0 Å². The number of carboxylic acid groups (broad SMARTS) is 1. The molecule has 0 saturated carbocycles. The molecule has 0 fully saturated rings. The molecular weight excluding hydrogens is 380 g/mol. The van der Waals surface area contributed by atoms with Gasteiger partial charge in [-0.25, -0.2) is 4.79 Å². The highest BCUT2D eigenvalue weighted by molar-refractivity contribution is 5.95. The molecule has 148 valence electrons. The van der Waals surface area contributed by atoms with Crippen LogP contribution in [0.1, 0.15) is 22.7 Å². The lowest BCUT2D eigenvalue weighted by molar-refractivity contribution is -0.384. The number of carbonyl (C=O) groups is 1. The lowest BCUT2D eigenvalue weighted by Gasteiger charge is -2.21. The van der Waals surface area contributed by atoms with Crippen LogP contribution in [0.3, 0.4) is 0 Å². The maximum absolute atomic E-state index is 11.3. The molecule has 4 aromatic rings. The van der Waals surface area contributed by atoms with Gasteiger partial charge >= 0.3 is 5.97 Å². The van der Waals surface area contributed by atoms with Gasteiger partial charge in [-0.3, -0.25) is 10.1 Å². The zero-order chi connectivity index (χ0) is 21.1. The Morgan fingerprint density at radius 1 is 0.967 bits per heavy atom. The van der Waals surface area contributed by atoms with Crippen molar-refractivity contribution in [3.63, 3.8) is 0 Å². The van der Waals surface area contributed by atoms with Crippen molar-refractivity contribution in [3.8, 4) is 0 Å². The van der Waals surface area contributed by atoms with Crippen LogP contribution in [0.4, 0.5) is 5.69 Å². The molecular formula is C24H18N2O4. The third-order valence-electron chi connectivity index (χ3n) is 4.97. The van der Waals surface area contributed by atoms with E-state index in [-0.39, 0.29) is 11.7 Å². The summed E-state index contributed by atoms with van der Waals surface area (Å²) in [4.78, 5) is 21.9. The summed E-state index contributed by atoms with van der Waals surface area (Å²) in [5.74, 6) is -1.08. The van der Waals surface area contributed by atoms with Gasteiger partial charge in [0.25, 0.3) is 5.69 Å². The first kappa shape index (κ1) is 19.1. The molecule has 0 unspecified atom stereocenters. The number of aliphatic carboxylic acids is 1. The van der Waals surface area contributed by atoms with E-state index in [9.17, 15) is 14.9 Å². The Kier molecular flexibility index (Phi) is 5.13. The van der Waals surface area contributed by atoms with Crippen LogP contribution in [0.15, 0.2) is 91.1 Å². The maximum Gasteiger partial charge on any atom is 0.328 e. The molecule has 0 bridgehead atoms. The largest absolute Gasteiger partial charge is 0.478 e. The van der Waals surface area contributed by atoms with Crippen molar-refractivity contribution in [2.75, 3.05) is 0 Å². The summed E-state index contributed by atoms with van der Waals surface area (Å²) in [6, 6.07) is 24.4. The van der Waals surface area contributed by atoms with Gasteiger partial charge in [0.2, 0.25) is 0 Å². The average molecular weight is 398 g/mol. The SMILES string of the molecule is O=C(O)C=Cc1cn(C(c2ccccc2)c2ccccc2)c2ccc([N+](=O)[O-])cc12. The minimum Gasteiger partial charge on any atom is -0.478 e. The van der Waals surface area contributed by atoms with Gasteiger partial charge < -0.3 is 9.67 Å². The third kappa shape index (κ3) is 3.71. The Balaban J connectivity index is 1.99. The average Bonchev–Trinajstić information content (AvgIpc) is 3.11. The molecule has 0 aliphatic carbocycles. The Hall–Kier alpha value is -4.19. The minimum atomic E-state index is -1.08. The first-order valence-corrected chi connectivity index (χ1v) is 9.34. The molecule has 30 heavy (non-hydrogen) atoms. The van der Waals surface area contributed by atoms with Crippen LogP contribution >= 0.6 is 0 Å². The second-order valence-electron chi connectivity index (χ2n) is 6.85. The molecule has 0 amide bonds. The molecule has 1 heterocycles. The second kappa shape index (κ2) is 8.05. The van der Waals surface area contributed by atoms with Crippen molar-refractivity contribution >= 4 is 28.6 Å². The number of hydrogen-bond acceptors (Lipinski definition) is 3. The molecule has 6 heteroatoms. The fourth-order valence-corrected chi connectivity index (χ4v) is 3.67. The quantitative estimate of drug-likeness (QED) is 0.272. The van der Waals surface area contributed by atoms with Crippen molar-refractivity contribution in [1.82, 2.24) is 4.57 Å². The predicted octanol–water partition coefficient (Wildman–Crippen LogP) is 5.29. The summed E-state index contributed by atoms with van der Waals surface area (Å²) in [7, 11) is 0. The molecule has 0 saturated heterocycles. The van der Waals surface area contributed by atoms with Gasteiger partial charge in [-0.2, -0.15) is 0 Å². The van der Waals surface area contributed by atoms with Crippen molar-refractivity contribution in [2.24, 2.45) is 0 Å². The highest BCUT2D eigenvalue weighted by Gasteiger charge is 2.21. The molecule has 0 aliphatic heterocycles. The molecule has 1 aromatic heterocycles. The molecule has 6 nitrogen and oxygen atoms in total. The summed E-state index contributed by atoms with van der Waals surface area (Å²) in [5, 5.41) is 21.0. The van der Waals surface area contributed by atoms with Gasteiger partial charge in [0.05, 0.1) is 11.0 Å². The van der Waals surface area contributed by atoms with Crippen LogP contribution in [-0.2, 0) is 4.79 Å². The Morgan fingerprint density at radius 2 is 1.57 bits per heavy atom. The Bertz CT molecular complexity index is 1200. The van der Waals surface area contributed by atoms with E-state index in [4.69, 9.17) is 5.11 Å². The molecule has 4 rings (SSSR count). The molecule has 0 radical (unpaired) electrons. The van der Waals surface area contributed by atoms with Crippen molar-refractivity contribution < 1.29 is 14.8 Å². The van der Waals surface area contributed by atoms with E-state index < -0.39 is 10.9 Å². The van der Waals surface area contributed by atoms with Crippen molar-refractivity contribution in [1.29, 1.82) is 0 Å². The lowest BCUT2D eigenvalue weighted by Crippen LogP contribution is -2.11. The van der Waals surface area contributed by atoms with Crippen LogP contribution in [0.25, 0.3) is 17.0 Å². The molecule has 0 atom stereocenters. The molecule has 0 aliphatic rings. The van der Waals surface area contributed by atoms with Crippen LogP contribution in [0.5, 0.6) is 0 Å². The summed E-state index contributed by atoms with van der Waals surface area (Å²) in [6.07, 6.45) is 4.36. The highest BCUT2D eigenvalue weighted by Crippen LogP contribution is 2.34. The second-order valence-corrected chi connectivity index (χ2v) is 6.85. The van der Waals surface area contributed by atoms with Gasteiger partial charge in [0.1, 0.15) is 0 Å². The van der Waals surface area contributed by atoms with Crippen molar-refractivity contribution in [2.45, 2.75) is 6.04 Å². The van der Waals surface area contributed by atoms with Gasteiger partial charge in [0, 0.05) is 40.9 Å². The summed E-state index contributed by atoms with van der Waals surface area (Å²) >= 11 is 0. The topological polar surface area (TPSA) is 85.4 Å². The number of aromatic nitrogens is 1. The minimum absolute atomic E-state index is 0.0406. The monoisotopic (exact) mass is 398 g/mol. The number of carboxylic acids is 1. The predicted molar refractivity (Wildman–Crippen MR) is 115 cm³/mol. The zero-order valence-corrected chi connectivity index (χ0v) is 15.9. The van der Waals surface area contributed by atoms with Crippen LogP contribution in [-0.4, -0.2) is 20.6 Å². The van der Waals surface area contributed by atoms with Crippen LogP contribution < -0.4 is 0 Å². The van der Waals surface area contributed by atoms with E-state index in [1.54, 1.807) is 6.07 Å². The van der Waals surface area contributed by atoms with E-state index in [1.807, 2.05) is 71.4 Å². The number of rotatable bonds is 6. The lowest BCUT2D eigenvalue weighted by atomic mass is 9.98. The zero-order valence-electron chi connectivity index (χ0n) is 15.9. The summed E-state index contributed by atoms with van der Waals surface area (Å²) in [6.45, 7) is 0. The number of fused-ring (bicyclic) bond motifs is 1. The fourth-order valence-electron chi connectivity index (χ4n) is 3.67. The maximum atomic E-state index is 11.3. The Labute approximate surface area is 172 Å². The van der Waals surface area contributed by atoms with Gasteiger partial charge in [0.15, 0.2) is 0 Å². The van der Waals surface area contributed by atoms with Crippen molar-refractivity contribution in [3.05, 3.63) is 118 Å². The normalized spacial score (nSPS) is 11.4. The van der Waals surface area contributed by atoms with E-state index in [1.165, 1.54) is 18.2 Å². The number of hydrogen-bond donors (Lipinski definition) is 1. The number of benzene rings is 3. The Morgan fingerprint density at radius 3 is 2.10 bits per heavy atom. The van der Waals surface area contributed by atoms with E-state index in [0.29, 0.717) is 10.9 Å². The number of nitro benzene ring substituents is 1. The molecule has 3 aromatic carbocycles. The summed E-state index contributed by atoms with van der Waals surface area (Å²) < 4.78 is 2.03. The van der Waals surface area contributed by atoms with Gasteiger partial charge in [-0.05, 0) is 23.3 Å². The van der Waals surface area contributed by atoms with Gasteiger partial charge in [-0.1, -0.05) is 60.7 Å². The number of non-ortho nitro benzene ring substituents is 1. The third-order valence-corrected chi connectivity index (χ3v) is 4.97. The standard InChI is InChI=1S/C24H18N2O4/c27-23(28)14-11-19-16-25(22-13-12-20(26(29)30)15-21(19)22)24(17-7-3-1-4-8-17)18-9-5-2-6-10-18/h1-16,24H,(H,27,28). The molecule has 1 N–H and O–H groups in total. The first-order valence-electron chi connectivity index (χ1n) is 9.34. The van der Waals surface area contributed by atoms with E-state index >= 15 is 0 Å². The van der Waals surface area contributed by atoms with E-state index in [2.05, 4.69) is 0 Å². The first-order chi connectivity index (χ1) is 14.5. The van der Waals surface area contributed by atoms with Crippen LogP contribution in [0, 0.1) is 10.1 Å². The van der Waals surface area contributed by atoms with Crippen LogP contribution in [0.2, 0.25) is 0 Å². The highest BCUT2D eigenvalue weighted by atomic mass is 16.6. The molecule has 0 spiro atoms. The fraction of sp³-hybridized carbons (Fsp3) is 0.0417. The number of nitrogens with zero attached hydrogens (tertiary/aromatic N) is 2.